The molecule has 3 nitrogen and oxygen atoms in total. The molecular formula is C17H37NO2S. The van der Waals surface area contributed by atoms with Crippen LogP contribution < -0.4 is 4.72 Å². The highest BCUT2D eigenvalue weighted by molar-refractivity contribution is 7.90. The summed E-state index contributed by atoms with van der Waals surface area (Å²) in [7, 11) is -1.56. The van der Waals surface area contributed by atoms with Crippen molar-refractivity contribution in [2.45, 2.75) is 103 Å². The topological polar surface area (TPSA) is 46.2 Å². The van der Waals surface area contributed by atoms with Gasteiger partial charge in [-0.2, -0.15) is 0 Å². The van der Waals surface area contributed by atoms with Gasteiger partial charge in [-0.25, -0.2) is 13.1 Å². The Morgan fingerprint density at radius 3 is 1.62 bits per heavy atom. The molecule has 0 fully saturated rings. The summed E-state index contributed by atoms with van der Waals surface area (Å²) in [6, 6.07) is 0. The van der Waals surface area contributed by atoms with Gasteiger partial charge in [-0.05, 0) is 19.9 Å². The van der Waals surface area contributed by atoms with Crippen molar-refractivity contribution in [1.82, 2.24) is 4.72 Å². The highest BCUT2D eigenvalue weighted by atomic mass is 32.2. The fraction of sp³-hybridized carbons (Fsp3) is 1.00. The first-order valence-corrected chi connectivity index (χ1v) is 10.6. The molecule has 0 aliphatic rings. The van der Waals surface area contributed by atoms with Crippen molar-refractivity contribution in [1.29, 1.82) is 0 Å². The van der Waals surface area contributed by atoms with Crippen molar-refractivity contribution >= 4 is 10.0 Å². The SMILES string of the molecule is CCCCCCCCCCCCC(CCC)S(=O)(=O)NC. The standard InChI is InChI=1S/C17H37NO2S/c1-4-6-7-8-9-10-11-12-13-14-16-17(15-5-2)21(19,20)18-3/h17-18H,4-16H2,1-3H3. The molecule has 128 valence electrons. The van der Waals surface area contributed by atoms with Crippen LogP contribution in [0, 0.1) is 0 Å². The third-order valence-corrected chi connectivity index (χ3v) is 6.13. The van der Waals surface area contributed by atoms with E-state index in [1.807, 2.05) is 0 Å². The molecule has 0 spiro atoms. The smallest absolute Gasteiger partial charge is 0.214 e. The molecule has 0 heterocycles. The minimum Gasteiger partial charge on any atom is -0.218 e. The zero-order valence-electron chi connectivity index (χ0n) is 14.5. The molecular weight excluding hydrogens is 282 g/mol. The number of nitrogens with one attached hydrogen (secondary N) is 1. The van der Waals surface area contributed by atoms with Crippen LogP contribution in [0.4, 0.5) is 0 Å². The largest absolute Gasteiger partial charge is 0.218 e. The molecule has 1 unspecified atom stereocenters. The molecule has 0 bridgehead atoms. The Morgan fingerprint density at radius 2 is 1.19 bits per heavy atom. The molecule has 0 aliphatic heterocycles. The van der Waals surface area contributed by atoms with E-state index in [9.17, 15) is 8.42 Å². The Kier molecular flexibility index (Phi) is 13.5. The fourth-order valence-electron chi connectivity index (χ4n) is 2.80. The van der Waals surface area contributed by atoms with Crippen LogP contribution in [-0.4, -0.2) is 20.7 Å². The lowest BCUT2D eigenvalue weighted by Crippen LogP contribution is -2.31. The minimum absolute atomic E-state index is 0.193. The number of sulfonamides is 1. The van der Waals surface area contributed by atoms with E-state index in [1.165, 1.54) is 64.8 Å². The van der Waals surface area contributed by atoms with E-state index in [2.05, 4.69) is 18.6 Å². The lowest BCUT2D eigenvalue weighted by molar-refractivity contribution is 0.518. The summed E-state index contributed by atoms with van der Waals surface area (Å²) < 4.78 is 26.2. The van der Waals surface area contributed by atoms with E-state index < -0.39 is 10.0 Å². The van der Waals surface area contributed by atoms with Crippen LogP contribution >= 0.6 is 0 Å². The van der Waals surface area contributed by atoms with E-state index in [4.69, 9.17) is 0 Å². The van der Waals surface area contributed by atoms with Crippen molar-refractivity contribution in [3.8, 4) is 0 Å². The molecule has 1 atom stereocenters. The van der Waals surface area contributed by atoms with Gasteiger partial charge in [0.25, 0.3) is 0 Å². The Bertz CT molecular complexity index is 315. The fourth-order valence-corrected chi connectivity index (χ4v) is 4.16. The summed E-state index contributed by atoms with van der Waals surface area (Å²) in [5.74, 6) is 0. The summed E-state index contributed by atoms with van der Waals surface area (Å²) in [4.78, 5) is 0. The van der Waals surface area contributed by atoms with E-state index in [0.29, 0.717) is 0 Å². The zero-order chi connectivity index (χ0) is 16.0. The maximum atomic E-state index is 11.9. The van der Waals surface area contributed by atoms with E-state index in [0.717, 1.165) is 25.7 Å². The van der Waals surface area contributed by atoms with Crippen molar-refractivity contribution < 1.29 is 8.42 Å². The molecule has 0 amide bonds. The van der Waals surface area contributed by atoms with Gasteiger partial charge in [-0.1, -0.05) is 84.5 Å². The van der Waals surface area contributed by atoms with E-state index >= 15 is 0 Å². The molecule has 0 aromatic heterocycles. The number of hydrogen-bond acceptors (Lipinski definition) is 2. The lowest BCUT2D eigenvalue weighted by atomic mass is 10.0. The second-order valence-electron chi connectivity index (χ2n) is 6.13. The second kappa shape index (κ2) is 13.6. The van der Waals surface area contributed by atoms with Gasteiger partial charge in [0.15, 0.2) is 0 Å². The second-order valence-corrected chi connectivity index (χ2v) is 8.30. The predicted molar refractivity (Wildman–Crippen MR) is 93.1 cm³/mol. The molecule has 4 heteroatoms. The third kappa shape index (κ3) is 11.2. The number of unbranched alkanes of at least 4 members (excludes halogenated alkanes) is 9. The lowest BCUT2D eigenvalue weighted by Gasteiger charge is -2.15. The summed E-state index contributed by atoms with van der Waals surface area (Å²) in [6.07, 6.45) is 15.5. The Balaban J connectivity index is 3.59. The van der Waals surface area contributed by atoms with Gasteiger partial charge in [0.05, 0.1) is 5.25 Å². The van der Waals surface area contributed by atoms with Crippen molar-refractivity contribution in [3.63, 3.8) is 0 Å². The van der Waals surface area contributed by atoms with Gasteiger partial charge in [-0.15, -0.1) is 0 Å². The molecule has 0 saturated carbocycles. The highest BCUT2D eigenvalue weighted by Crippen LogP contribution is 2.17. The summed E-state index contributed by atoms with van der Waals surface area (Å²) >= 11 is 0. The number of hydrogen-bond donors (Lipinski definition) is 1. The Labute approximate surface area is 133 Å². The van der Waals surface area contributed by atoms with Gasteiger partial charge >= 0.3 is 0 Å². The third-order valence-electron chi connectivity index (χ3n) is 4.21. The molecule has 0 radical (unpaired) electrons. The summed E-state index contributed by atoms with van der Waals surface area (Å²) in [6.45, 7) is 4.30. The van der Waals surface area contributed by atoms with Gasteiger partial charge in [0.1, 0.15) is 0 Å². The summed E-state index contributed by atoms with van der Waals surface area (Å²) in [5, 5.41) is -0.193. The monoisotopic (exact) mass is 319 g/mol. The number of rotatable bonds is 15. The van der Waals surface area contributed by atoms with Gasteiger partial charge in [0, 0.05) is 0 Å². The average molecular weight is 320 g/mol. The molecule has 0 rings (SSSR count). The predicted octanol–water partition coefficient (Wildman–Crippen LogP) is 5.02. The zero-order valence-corrected chi connectivity index (χ0v) is 15.3. The van der Waals surface area contributed by atoms with E-state index in [1.54, 1.807) is 0 Å². The van der Waals surface area contributed by atoms with Gasteiger partial charge in [-0.3, -0.25) is 0 Å². The Morgan fingerprint density at radius 1 is 0.714 bits per heavy atom. The van der Waals surface area contributed by atoms with Crippen molar-refractivity contribution in [2.75, 3.05) is 7.05 Å². The first kappa shape index (κ1) is 20.9. The van der Waals surface area contributed by atoms with Crippen molar-refractivity contribution in [2.24, 2.45) is 0 Å². The minimum atomic E-state index is -3.08. The molecule has 0 aromatic carbocycles. The maximum Gasteiger partial charge on any atom is 0.214 e. The maximum absolute atomic E-state index is 11.9. The Hall–Kier alpha value is -0.0900. The first-order valence-electron chi connectivity index (χ1n) is 9.00. The van der Waals surface area contributed by atoms with E-state index in [-0.39, 0.29) is 5.25 Å². The average Bonchev–Trinajstić information content (AvgIpc) is 2.48. The van der Waals surface area contributed by atoms with Gasteiger partial charge < -0.3 is 0 Å². The highest BCUT2D eigenvalue weighted by Gasteiger charge is 2.21. The van der Waals surface area contributed by atoms with Crippen LogP contribution in [0.1, 0.15) is 97.3 Å². The van der Waals surface area contributed by atoms with Crippen LogP contribution in [0.5, 0.6) is 0 Å². The van der Waals surface area contributed by atoms with Crippen LogP contribution in [0.3, 0.4) is 0 Å². The normalized spacial score (nSPS) is 13.5. The van der Waals surface area contributed by atoms with Crippen LogP contribution in [0.25, 0.3) is 0 Å². The van der Waals surface area contributed by atoms with Crippen LogP contribution in [0.2, 0.25) is 0 Å². The molecule has 0 saturated heterocycles. The quantitative estimate of drug-likeness (QED) is 0.431. The van der Waals surface area contributed by atoms with Crippen LogP contribution in [-0.2, 0) is 10.0 Å². The molecule has 21 heavy (non-hydrogen) atoms. The molecule has 1 N–H and O–H groups in total. The molecule has 0 aliphatic carbocycles. The van der Waals surface area contributed by atoms with Crippen molar-refractivity contribution in [3.05, 3.63) is 0 Å². The van der Waals surface area contributed by atoms with Crippen LogP contribution in [0.15, 0.2) is 0 Å². The molecule has 0 aromatic rings. The summed E-state index contributed by atoms with van der Waals surface area (Å²) in [5.41, 5.74) is 0. The van der Waals surface area contributed by atoms with Gasteiger partial charge in [0.2, 0.25) is 10.0 Å². The first-order chi connectivity index (χ1) is 10.1.